The fraction of sp³-hybridized carbons (Fsp3) is 0.143. The first-order valence-corrected chi connectivity index (χ1v) is 6.62. The van der Waals surface area contributed by atoms with Crippen LogP contribution in [0.2, 0.25) is 5.02 Å². The lowest BCUT2D eigenvalue weighted by molar-refractivity contribution is 0.809. The average Bonchev–Trinajstić information content (AvgIpc) is 2.90. The summed E-state index contributed by atoms with van der Waals surface area (Å²) >= 11 is 6.16. The van der Waals surface area contributed by atoms with Crippen molar-refractivity contribution >= 4 is 23.1 Å². The van der Waals surface area contributed by atoms with Gasteiger partial charge in [0.05, 0.1) is 17.1 Å². The van der Waals surface area contributed by atoms with Gasteiger partial charge in [0.15, 0.2) is 11.5 Å². The maximum Gasteiger partial charge on any atom is 0.160 e. The second-order valence-corrected chi connectivity index (χ2v) is 4.95. The van der Waals surface area contributed by atoms with Crippen LogP contribution in [0.15, 0.2) is 36.7 Å². The van der Waals surface area contributed by atoms with E-state index in [0.29, 0.717) is 22.9 Å². The molecule has 3 rings (SSSR count). The number of aromatic nitrogens is 4. The monoisotopic (exact) mass is 298 g/mol. The van der Waals surface area contributed by atoms with Gasteiger partial charge in [-0.3, -0.25) is 4.40 Å². The summed E-state index contributed by atoms with van der Waals surface area (Å²) in [6.07, 6.45) is 3.41. The molecule has 6 nitrogen and oxygen atoms in total. The third-order valence-corrected chi connectivity index (χ3v) is 3.35. The van der Waals surface area contributed by atoms with Crippen molar-refractivity contribution in [3.05, 3.63) is 53.1 Å². The molecule has 0 aliphatic carbocycles. The molecule has 0 bridgehead atoms. The molecule has 0 atom stereocenters. The van der Waals surface area contributed by atoms with E-state index in [0.717, 1.165) is 11.5 Å². The van der Waals surface area contributed by atoms with Gasteiger partial charge in [0.2, 0.25) is 0 Å². The first-order valence-electron chi connectivity index (χ1n) is 6.24. The summed E-state index contributed by atoms with van der Waals surface area (Å²) < 4.78 is 1.91. The van der Waals surface area contributed by atoms with Crippen LogP contribution in [0.3, 0.4) is 0 Å². The van der Waals surface area contributed by atoms with Crippen molar-refractivity contribution in [3.8, 4) is 6.07 Å². The van der Waals surface area contributed by atoms with Crippen molar-refractivity contribution in [1.29, 1.82) is 5.26 Å². The normalized spacial score (nSPS) is 10.5. The number of halogens is 1. The SMILES string of the molecule is CN(Cc1nnc2ccccn12)c1ncc(C#N)cc1Cl. The summed E-state index contributed by atoms with van der Waals surface area (Å²) in [6, 6.07) is 9.34. The second kappa shape index (κ2) is 5.38. The quantitative estimate of drug-likeness (QED) is 0.742. The van der Waals surface area contributed by atoms with E-state index in [1.807, 2.05) is 46.8 Å². The Morgan fingerprint density at radius 3 is 3.00 bits per heavy atom. The van der Waals surface area contributed by atoms with Crippen LogP contribution in [0.25, 0.3) is 5.65 Å². The van der Waals surface area contributed by atoms with Gasteiger partial charge in [0.1, 0.15) is 11.9 Å². The zero-order valence-electron chi connectivity index (χ0n) is 11.2. The van der Waals surface area contributed by atoms with Crippen molar-refractivity contribution in [3.63, 3.8) is 0 Å². The Hall–Kier alpha value is -2.65. The predicted octanol–water partition coefficient (Wildman–Crippen LogP) is 2.29. The summed E-state index contributed by atoms with van der Waals surface area (Å²) in [4.78, 5) is 6.09. The topological polar surface area (TPSA) is 70.1 Å². The minimum Gasteiger partial charge on any atom is -0.351 e. The van der Waals surface area contributed by atoms with Crippen molar-refractivity contribution in [2.75, 3.05) is 11.9 Å². The molecular formula is C14H11ClN6. The predicted molar refractivity (Wildman–Crippen MR) is 79.1 cm³/mol. The number of anilines is 1. The minimum atomic E-state index is 0.435. The minimum absolute atomic E-state index is 0.435. The Morgan fingerprint density at radius 1 is 1.38 bits per heavy atom. The zero-order valence-corrected chi connectivity index (χ0v) is 12.0. The smallest absolute Gasteiger partial charge is 0.160 e. The van der Waals surface area contributed by atoms with E-state index in [1.165, 1.54) is 6.20 Å². The number of hydrogen-bond acceptors (Lipinski definition) is 5. The molecule has 0 saturated heterocycles. The number of nitriles is 1. The van der Waals surface area contributed by atoms with Gasteiger partial charge < -0.3 is 4.90 Å². The van der Waals surface area contributed by atoms with Crippen LogP contribution in [0.5, 0.6) is 0 Å². The highest BCUT2D eigenvalue weighted by molar-refractivity contribution is 6.33. The lowest BCUT2D eigenvalue weighted by atomic mass is 10.3. The van der Waals surface area contributed by atoms with E-state index >= 15 is 0 Å². The molecule has 0 radical (unpaired) electrons. The second-order valence-electron chi connectivity index (χ2n) is 4.54. The van der Waals surface area contributed by atoms with E-state index in [1.54, 1.807) is 6.07 Å². The molecule has 0 saturated carbocycles. The van der Waals surface area contributed by atoms with Gasteiger partial charge in [-0.25, -0.2) is 4.98 Å². The standard InChI is InChI=1S/C14H11ClN6/c1-20(14-11(15)6-10(7-16)8-17-14)9-13-19-18-12-4-2-3-5-21(12)13/h2-6,8H,9H2,1H3. The molecule has 0 N–H and O–H groups in total. The van der Waals surface area contributed by atoms with Gasteiger partial charge in [0.25, 0.3) is 0 Å². The maximum atomic E-state index is 8.83. The number of pyridine rings is 2. The highest BCUT2D eigenvalue weighted by Crippen LogP contribution is 2.24. The lowest BCUT2D eigenvalue weighted by Crippen LogP contribution is -2.20. The maximum absolute atomic E-state index is 8.83. The third-order valence-electron chi connectivity index (χ3n) is 3.08. The molecule has 104 valence electrons. The van der Waals surface area contributed by atoms with Crippen LogP contribution in [-0.4, -0.2) is 26.6 Å². The Balaban J connectivity index is 1.90. The summed E-state index contributed by atoms with van der Waals surface area (Å²) in [7, 11) is 1.87. The van der Waals surface area contributed by atoms with Crippen LogP contribution in [0.4, 0.5) is 5.82 Å². The third kappa shape index (κ3) is 2.51. The van der Waals surface area contributed by atoms with Crippen LogP contribution in [0.1, 0.15) is 11.4 Å². The highest BCUT2D eigenvalue weighted by atomic mass is 35.5. The van der Waals surface area contributed by atoms with Crippen molar-refractivity contribution in [1.82, 2.24) is 19.6 Å². The fourth-order valence-corrected chi connectivity index (χ4v) is 2.37. The molecule has 3 aromatic heterocycles. The molecule has 0 fully saturated rings. The molecule has 0 amide bonds. The molecule has 3 aromatic rings. The Morgan fingerprint density at radius 2 is 2.24 bits per heavy atom. The molecule has 0 aliphatic rings. The Bertz CT molecular complexity index is 835. The molecular weight excluding hydrogens is 288 g/mol. The van der Waals surface area contributed by atoms with E-state index in [-0.39, 0.29) is 0 Å². The lowest BCUT2D eigenvalue weighted by Gasteiger charge is -2.18. The summed E-state index contributed by atoms with van der Waals surface area (Å²) in [6.45, 7) is 0.504. The number of rotatable bonds is 3. The van der Waals surface area contributed by atoms with Crippen LogP contribution in [0, 0.1) is 11.3 Å². The van der Waals surface area contributed by atoms with Crippen molar-refractivity contribution in [2.24, 2.45) is 0 Å². The first-order chi connectivity index (χ1) is 10.2. The molecule has 0 spiro atoms. The van der Waals surface area contributed by atoms with Gasteiger partial charge >= 0.3 is 0 Å². The van der Waals surface area contributed by atoms with E-state index in [9.17, 15) is 0 Å². The van der Waals surface area contributed by atoms with Gasteiger partial charge in [-0.1, -0.05) is 17.7 Å². The fourth-order valence-electron chi connectivity index (χ4n) is 2.06. The van der Waals surface area contributed by atoms with Crippen LogP contribution in [-0.2, 0) is 6.54 Å². The number of nitrogens with zero attached hydrogens (tertiary/aromatic N) is 6. The number of hydrogen-bond donors (Lipinski definition) is 0. The molecule has 7 heteroatoms. The highest BCUT2D eigenvalue weighted by Gasteiger charge is 2.12. The van der Waals surface area contributed by atoms with Gasteiger partial charge in [-0.2, -0.15) is 5.26 Å². The zero-order chi connectivity index (χ0) is 14.8. The van der Waals surface area contributed by atoms with Gasteiger partial charge in [-0.15, -0.1) is 10.2 Å². The van der Waals surface area contributed by atoms with Crippen molar-refractivity contribution in [2.45, 2.75) is 6.54 Å². The molecule has 3 heterocycles. The molecule has 21 heavy (non-hydrogen) atoms. The number of fused-ring (bicyclic) bond motifs is 1. The summed E-state index contributed by atoms with van der Waals surface area (Å²) in [5.41, 5.74) is 1.23. The molecule has 0 aliphatic heterocycles. The van der Waals surface area contributed by atoms with Crippen molar-refractivity contribution < 1.29 is 0 Å². The van der Waals surface area contributed by atoms with E-state index in [2.05, 4.69) is 15.2 Å². The average molecular weight is 299 g/mol. The summed E-state index contributed by atoms with van der Waals surface area (Å²) in [5, 5.41) is 17.5. The van der Waals surface area contributed by atoms with Gasteiger partial charge in [0, 0.05) is 19.4 Å². The van der Waals surface area contributed by atoms with Crippen LogP contribution < -0.4 is 4.90 Å². The Labute approximate surface area is 126 Å². The van der Waals surface area contributed by atoms with E-state index in [4.69, 9.17) is 16.9 Å². The largest absolute Gasteiger partial charge is 0.351 e. The van der Waals surface area contributed by atoms with E-state index < -0.39 is 0 Å². The Kier molecular flexibility index (Phi) is 3.42. The molecule has 0 unspecified atom stereocenters. The summed E-state index contributed by atoms with van der Waals surface area (Å²) in [5.74, 6) is 1.39. The molecule has 0 aromatic carbocycles. The first kappa shape index (κ1) is 13.3. The van der Waals surface area contributed by atoms with Gasteiger partial charge in [-0.05, 0) is 18.2 Å². The van der Waals surface area contributed by atoms with Crippen LogP contribution >= 0.6 is 11.6 Å².